The number of morpholine rings is 1. The van der Waals surface area contributed by atoms with Gasteiger partial charge in [-0.2, -0.15) is 0 Å². The van der Waals surface area contributed by atoms with E-state index in [0.717, 1.165) is 0 Å². The maximum absolute atomic E-state index is 12.1. The van der Waals surface area contributed by atoms with Gasteiger partial charge in [0, 0.05) is 19.2 Å². The molecule has 0 aliphatic carbocycles. The van der Waals surface area contributed by atoms with Crippen LogP contribution in [0.1, 0.15) is 10.4 Å². The van der Waals surface area contributed by atoms with Gasteiger partial charge in [0.2, 0.25) is 0 Å². The normalized spacial score (nSPS) is 14.5. The lowest BCUT2D eigenvalue weighted by Gasteiger charge is -2.26. The number of nitrogen functional groups attached to an aromatic ring is 1. The summed E-state index contributed by atoms with van der Waals surface area (Å²) in [5.41, 5.74) is 6.06. The Morgan fingerprint density at radius 3 is 2.68 bits per heavy atom. The topological polar surface area (TPSA) is 91.1 Å². The predicted octanol–water partition coefficient (Wildman–Crippen LogP) is 0.946. The Balaban J connectivity index is 2.00. The number of hydrogen-bond donors (Lipinski definition) is 1. The van der Waals surface area contributed by atoms with Gasteiger partial charge in [-0.3, -0.25) is 4.79 Å². The van der Waals surface area contributed by atoms with E-state index in [2.05, 4.69) is 0 Å². The Morgan fingerprint density at radius 2 is 2.05 bits per heavy atom. The number of nitrogens with two attached hydrogens (primary N) is 1. The monoisotopic (exact) mass is 328 g/mol. The van der Waals surface area contributed by atoms with Crippen LogP contribution in [0.15, 0.2) is 12.1 Å². The van der Waals surface area contributed by atoms with Gasteiger partial charge >= 0.3 is 5.97 Å². The summed E-state index contributed by atoms with van der Waals surface area (Å²) in [5.74, 6) is -0.719. The Morgan fingerprint density at radius 1 is 1.36 bits per heavy atom. The van der Waals surface area contributed by atoms with Crippen LogP contribution in [0.4, 0.5) is 5.69 Å². The van der Waals surface area contributed by atoms with Gasteiger partial charge in [-0.25, -0.2) is 4.79 Å². The van der Waals surface area contributed by atoms with Crippen LogP contribution in [0, 0.1) is 0 Å². The molecule has 1 saturated heterocycles. The molecule has 0 atom stereocenters. The molecule has 7 nitrogen and oxygen atoms in total. The smallest absolute Gasteiger partial charge is 0.342 e. The summed E-state index contributed by atoms with van der Waals surface area (Å²) in [4.78, 5) is 25.6. The summed E-state index contributed by atoms with van der Waals surface area (Å²) in [5, 5.41) is 0.215. The summed E-state index contributed by atoms with van der Waals surface area (Å²) in [6.45, 7) is 1.62. The van der Waals surface area contributed by atoms with Crippen LogP contribution >= 0.6 is 11.6 Å². The van der Waals surface area contributed by atoms with Gasteiger partial charge in [-0.1, -0.05) is 11.6 Å². The summed E-state index contributed by atoms with van der Waals surface area (Å²) >= 11 is 5.89. The number of anilines is 1. The molecule has 2 rings (SSSR count). The minimum absolute atomic E-state index is 0.122. The standard InChI is InChI=1S/C14H17ClN2O5/c1-20-12-7-11(16)10(15)6-9(12)14(19)22-8-13(18)17-2-4-21-5-3-17/h6-7H,2-5,8,16H2,1H3. The number of amides is 1. The minimum atomic E-state index is -0.694. The first kappa shape index (κ1) is 16.4. The molecule has 1 aromatic carbocycles. The number of esters is 1. The molecular formula is C14H17ClN2O5. The number of methoxy groups -OCH3 is 1. The Bertz CT molecular complexity index is 573. The number of nitrogens with zero attached hydrogens (tertiary/aromatic N) is 1. The van der Waals surface area contributed by atoms with Crippen molar-refractivity contribution in [3.05, 3.63) is 22.7 Å². The number of rotatable bonds is 4. The van der Waals surface area contributed by atoms with Crippen molar-refractivity contribution in [1.82, 2.24) is 4.90 Å². The number of benzene rings is 1. The van der Waals surface area contributed by atoms with Crippen LogP contribution in [0.2, 0.25) is 5.02 Å². The van der Waals surface area contributed by atoms with Crippen LogP contribution in [0.3, 0.4) is 0 Å². The maximum atomic E-state index is 12.1. The quantitative estimate of drug-likeness (QED) is 0.653. The highest BCUT2D eigenvalue weighted by atomic mass is 35.5. The van der Waals surface area contributed by atoms with Crippen molar-refractivity contribution in [1.29, 1.82) is 0 Å². The Hall–Kier alpha value is -1.99. The van der Waals surface area contributed by atoms with E-state index in [0.29, 0.717) is 32.0 Å². The molecule has 22 heavy (non-hydrogen) atoms. The third kappa shape index (κ3) is 3.80. The van der Waals surface area contributed by atoms with Crippen molar-refractivity contribution in [2.45, 2.75) is 0 Å². The SMILES string of the molecule is COc1cc(N)c(Cl)cc1C(=O)OCC(=O)N1CCOCC1. The molecule has 0 unspecified atom stereocenters. The lowest BCUT2D eigenvalue weighted by molar-refractivity contribution is -0.138. The summed E-state index contributed by atoms with van der Waals surface area (Å²) < 4.78 is 15.3. The van der Waals surface area contributed by atoms with Crippen LogP contribution in [0.5, 0.6) is 5.75 Å². The Kier molecular flexibility index (Phi) is 5.46. The van der Waals surface area contributed by atoms with E-state index in [4.69, 9.17) is 31.5 Å². The number of ether oxygens (including phenoxy) is 3. The summed E-state index contributed by atoms with van der Waals surface area (Å²) in [6.07, 6.45) is 0. The van der Waals surface area contributed by atoms with E-state index in [9.17, 15) is 9.59 Å². The highest BCUT2D eigenvalue weighted by Crippen LogP contribution is 2.29. The third-order valence-electron chi connectivity index (χ3n) is 3.23. The molecular weight excluding hydrogens is 312 g/mol. The Labute approximate surface area is 132 Å². The lowest BCUT2D eigenvalue weighted by atomic mass is 10.2. The number of carbonyl (C=O) groups is 2. The molecule has 1 aliphatic heterocycles. The first-order valence-electron chi connectivity index (χ1n) is 6.68. The molecule has 1 aliphatic rings. The molecule has 0 radical (unpaired) electrons. The molecule has 120 valence electrons. The average molecular weight is 329 g/mol. The van der Waals surface area contributed by atoms with Gasteiger partial charge in [0.1, 0.15) is 11.3 Å². The van der Waals surface area contributed by atoms with E-state index in [-0.39, 0.29) is 28.8 Å². The van der Waals surface area contributed by atoms with Crippen molar-refractivity contribution in [3.8, 4) is 5.75 Å². The van der Waals surface area contributed by atoms with E-state index in [1.165, 1.54) is 19.2 Å². The molecule has 1 amide bonds. The van der Waals surface area contributed by atoms with Gasteiger partial charge in [-0.15, -0.1) is 0 Å². The van der Waals surface area contributed by atoms with Gasteiger partial charge in [0.25, 0.3) is 5.91 Å². The highest BCUT2D eigenvalue weighted by Gasteiger charge is 2.21. The molecule has 0 saturated carbocycles. The lowest BCUT2D eigenvalue weighted by Crippen LogP contribution is -2.42. The molecule has 0 bridgehead atoms. The number of hydrogen-bond acceptors (Lipinski definition) is 6. The fourth-order valence-corrected chi connectivity index (χ4v) is 2.17. The van der Waals surface area contributed by atoms with E-state index in [1.54, 1.807) is 4.90 Å². The zero-order valence-electron chi connectivity index (χ0n) is 12.1. The predicted molar refractivity (Wildman–Crippen MR) is 80.1 cm³/mol. The maximum Gasteiger partial charge on any atom is 0.342 e. The van der Waals surface area contributed by atoms with Crippen molar-refractivity contribution in [2.75, 3.05) is 45.8 Å². The molecule has 0 spiro atoms. The first-order chi connectivity index (χ1) is 10.5. The second-order valence-electron chi connectivity index (χ2n) is 4.64. The van der Waals surface area contributed by atoms with Gasteiger partial charge in [0.05, 0.1) is 31.0 Å². The van der Waals surface area contributed by atoms with Crippen molar-refractivity contribution >= 4 is 29.2 Å². The number of halogens is 1. The fraction of sp³-hybridized carbons (Fsp3) is 0.429. The highest BCUT2D eigenvalue weighted by molar-refractivity contribution is 6.33. The van der Waals surface area contributed by atoms with Gasteiger partial charge in [-0.05, 0) is 6.07 Å². The minimum Gasteiger partial charge on any atom is -0.496 e. The molecule has 1 aromatic rings. The van der Waals surface area contributed by atoms with Crippen LogP contribution in [-0.4, -0.2) is 56.8 Å². The molecule has 1 fully saturated rings. The van der Waals surface area contributed by atoms with Crippen molar-refractivity contribution in [3.63, 3.8) is 0 Å². The van der Waals surface area contributed by atoms with E-state index < -0.39 is 5.97 Å². The second kappa shape index (κ2) is 7.33. The van der Waals surface area contributed by atoms with E-state index in [1.807, 2.05) is 0 Å². The largest absolute Gasteiger partial charge is 0.496 e. The molecule has 1 heterocycles. The van der Waals surface area contributed by atoms with Crippen molar-refractivity contribution < 1.29 is 23.8 Å². The zero-order chi connectivity index (χ0) is 16.1. The average Bonchev–Trinajstić information content (AvgIpc) is 2.55. The number of carbonyl (C=O) groups excluding carboxylic acids is 2. The second-order valence-corrected chi connectivity index (χ2v) is 5.05. The molecule has 8 heteroatoms. The summed E-state index contributed by atoms with van der Waals surface area (Å²) in [7, 11) is 1.40. The van der Waals surface area contributed by atoms with Gasteiger partial charge < -0.3 is 24.8 Å². The van der Waals surface area contributed by atoms with E-state index >= 15 is 0 Å². The van der Waals surface area contributed by atoms with Crippen LogP contribution in [-0.2, 0) is 14.3 Å². The fourth-order valence-electron chi connectivity index (χ4n) is 2.01. The molecule has 0 aromatic heterocycles. The van der Waals surface area contributed by atoms with Crippen LogP contribution < -0.4 is 10.5 Å². The summed E-state index contributed by atoms with van der Waals surface area (Å²) in [6, 6.07) is 2.79. The van der Waals surface area contributed by atoms with Crippen molar-refractivity contribution in [2.24, 2.45) is 0 Å². The zero-order valence-corrected chi connectivity index (χ0v) is 12.9. The first-order valence-corrected chi connectivity index (χ1v) is 7.06. The third-order valence-corrected chi connectivity index (χ3v) is 3.56. The van der Waals surface area contributed by atoms with Crippen LogP contribution in [0.25, 0.3) is 0 Å². The molecule has 2 N–H and O–H groups in total. The van der Waals surface area contributed by atoms with Gasteiger partial charge in [0.15, 0.2) is 6.61 Å².